The van der Waals surface area contributed by atoms with Gasteiger partial charge in [0, 0.05) is 0 Å². The summed E-state index contributed by atoms with van der Waals surface area (Å²) in [5.41, 5.74) is 0.974. The molecular weight excluding hydrogens is 252 g/mol. The molecule has 0 radical (unpaired) electrons. The van der Waals surface area contributed by atoms with Crippen molar-refractivity contribution >= 4 is 0 Å². The molecule has 0 amide bonds. The van der Waals surface area contributed by atoms with Crippen molar-refractivity contribution in [1.29, 1.82) is 0 Å². The number of aliphatic hydroxyl groups is 4. The maximum absolute atomic E-state index is 9.81. The zero-order valence-electron chi connectivity index (χ0n) is 10.5. The molecule has 6 heteroatoms. The van der Waals surface area contributed by atoms with Crippen molar-refractivity contribution in [2.75, 3.05) is 6.61 Å². The average Bonchev–Trinajstić information content (AvgIpc) is 2.39. The Morgan fingerprint density at radius 1 is 1.16 bits per heavy atom. The van der Waals surface area contributed by atoms with E-state index in [4.69, 9.17) is 14.6 Å². The Kier molecular flexibility index (Phi) is 4.38. The molecule has 1 saturated heterocycles. The molecule has 1 heterocycles. The van der Waals surface area contributed by atoms with Gasteiger partial charge in [0.2, 0.25) is 6.29 Å². The van der Waals surface area contributed by atoms with Crippen LogP contribution in [-0.2, 0) is 4.74 Å². The maximum Gasteiger partial charge on any atom is 0.229 e. The molecule has 1 aromatic carbocycles. The summed E-state index contributed by atoms with van der Waals surface area (Å²) in [5.74, 6) is 0.476. The van der Waals surface area contributed by atoms with Gasteiger partial charge >= 0.3 is 0 Å². The van der Waals surface area contributed by atoms with Crippen LogP contribution >= 0.6 is 0 Å². The van der Waals surface area contributed by atoms with Crippen LogP contribution in [0, 0.1) is 6.92 Å². The van der Waals surface area contributed by atoms with Gasteiger partial charge in [0.25, 0.3) is 0 Å². The molecule has 19 heavy (non-hydrogen) atoms. The fraction of sp³-hybridized carbons (Fsp3) is 0.538. The lowest BCUT2D eigenvalue weighted by molar-refractivity contribution is -0.277. The third-order valence-electron chi connectivity index (χ3n) is 3.09. The Balaban J connectivity index is 2.10. The highest BCUT2D eigenvalue weighted by atomic mass is 16.7. The van der Waals surface area contributed by atoms with Gasteiger partial charge in [-0.1, -0.05) is 12.1 Å². The first kappa shape index (κ1) is 14.2. The van der Waals surface area contributed by atoms with Gasteiger partial charge < -0.3 is 29.9 Å². The predicted octanol–water partition coefficient (Wildman–Crippen LogP) is -0.826. The van der Waals surface area contributed by atoms with Crippen LogP contribution < -0.4 is 4.74 Å². The van der Waals surface area contributed by atoms with Gasteiger partial charge in [-0.05, 0) is 24.6 Å². The lowest BCUT2D eigenvalue weighted by atomic mass is 9.99. The SMILES string of the molecule is Cc1cccc(O[C@H]2O[C@H](CO)[C@@H](O)[C@H](O)[C@@H]2O)c1. The van der Waals surface area contributed by atoms with Crippen molar-refractivity contribution < 1.29 is 29.9 Å². The topological polar surface area (TPSA) is 99.4 Å². The first-order valence-corrected chi connectivity index (χ1v) is 6.07. The summed E-state index contributed by atoms with van der Waals surface area (Å²) < 4.78 is 10.7. The second kappa shape index (κ2) is 5.85. The zero-order valence-corrected chi connectivity index (χ0v) is 10.5. The highest BCUT2D eigenvalue weighted by molar-refractivity contribution is 5.27. The van der Waals surface area contributed by atoms with Crippen molar-refractivity contribution in [2.45, 2.75) is 37.6 Å². The number of ether oxygens (including phenoxy) is 2. The predicted molar refractivity (Wildman–Crippen MR) is 65.6 cm³/mol. The molecule has 4 N–H and O–H groups in total. The molecule has 1 fully saturated rings. The Hall–Kier alpha value is -1.18. The maximum atomic E-state index is 9.81. The van der Waals surface area contributed by atoms with Gasteiger partial charge in [0.1, 0.15) is 30.2 Å². The molecule has 0 aliphatic carbocycles. The van der Waals surface area contributed by atoms with Crippen LogP contribution in [0.3, 0.4) is 0 Å². The molecule has 106 valence electrons. The summed E-state index contributed by atoms with van der Waals surface area (Å²) in [7, 11) is 0. The Morgan fingerprint density at radius 2 is 1.89 bits per heavy atom. The lowest BCUT2D eigenvalue weighted by Gasteiger charge is -2.39. The van der Waals surface area contributed by atoms with E-state index in [-0.39, 0.29) is 0 Å². The van der Waals surface area contributed by atoms with Gasteiger partial charge in [-0.2, -0.15) is 0 Å². The Labute approximate surface area is 110 Å². The molecule has 1 aliphatic heterocycles. The third kappa shape index (κ3) is 3.05. The molecule has 1 aliphatic rings. The number of hydrogen-bond donors (Lipinski definition) is 4. The van der Waals surface area contributed by atoms with Crippen molar-refractivity contribution in [3.63, 3.8) is 0 Å². The summed E-state index contributed by atoms with van der Waals surface area (Å²) in [5, 5.41) is 38.1. The van der Waals surface area contributed by atoms with E-state index in [0.717, 1.165) is 5.56 Å². The van der Waals surface area contributed by atoms with Gasteiger partial charge in [-0.3, -0.25) is 0 Å². The minimum atomic E-state index is -1.43. The van der Waals surface area contributed by atoms with E-state index in [1.165, 1.54) is 0 Å². The van der Waals surface area contributed by atoms with E-state index >= 15 is 0 Å². The van der Waals surface area contributed by atoms with Gasteiger partial charge in [-0.15, -0.1) is 0 Å². The number of hydrogen-bond acceptors (Lipinski definition) is 6. The first-order chi connectivity index (χ1) is 9.02. The second-order valence-corrected chi connectivity index (χ2v) is 4.63. The second-order valence-electron chi connectivity index (χ2n) is 4.63. The molecule has 0 bridgehead atoms. The van der Waals surface area contributed by atoms with E-state index in [1.807, 2.05) is 13.0 Å². The van der Waals surface area contributed by atoms with E-state index in [9.17, 15) is 15.3 Å². The quantitative estimate of drug-likeness (QED) is 0.572. The van der Waals surface area contributed by atoms with Crippen LogP contribution in [0.15, 0.2) is 24.3 Å². The van der Waals surface area contributed by atoms with E-state index in [2.05, 4.69) is 0 Å². The van der Waals surface area contributed by atoms with Crippen molar-refractivity contribution in [3.05, 3.63) is 29.8 Å². The zero-order chi connectivity index (χ0) is 14.0. The molecule has 0 spiro atoms. The average molecular weight is 270 g/mol. The fourth-order valence-electron chi connectivity index (χ4n) is 1.99. The van der Waals surface area contributed by atoms with Crippen LogP contribution in [0.2, 0.25) is 0 Å². The monoisotopic (exact) mass is 270 g/mol. The first-order valence-electron chi connectivity index (χ1n) is 6.07. The minimum Gasteiger partial charge on any atom is -0.462 e. The third-order valence-corrected chi connectivity index (χ3v) is 3.09. The van der Waals surface area contributed by atoms with Crippen LogP contribution in [-0.4, -0.2) is 57.7 Å². The molecule has 6 nitrogen and oxygen atoms in total. The Morgan fingerprint density at radius 3 is 2.53 bits per heavy atom. The van der Waals surface area contributed by atoms with Crippen LogP contribution in [0.1, 0.15) is 5.56 Å². The molecular formula is C13H18O6. The van der Waals surface area contributed by atoms with Crippen molar-refractivity contribution in [1.82, 2.24) is 0 Å². The largest absolute Gasteiger partial charge is 0.462 e. The number of aryl methyl sites for hydroxylation is 1. The standard InChI is InChI=1S/C13H18O6/c1-7-3-2-4-8(5-7)18-13-12(17)11(16)10(15)9(6-14)19-13/h2-5,9-17H,6H2,1H3/t9-,10-,11+,12+,13+/m1/s1. The summed E-state index contributed by atoms with van der Waals surface area (Å²) in [6.45, 7) is 1.42. The van der Waals surface area contributed by atoms with Crippen LogP contribution in [0.4, 0.5) is 0 Å². The molecule has 0 saturated carbocycles. The lowest BCUT2D eigenvalue weighted by Crippen LogP contribution is -2.60. The smallest absolute Gasteiger partial charge is 0.229 e. The van der Waals surface area contributed by atoms with Gasteiger partial charge in [0.15, 0.2) is 0 Å². The molecule has 2 rings (SSSR count). The van der Waals surface area contributed by atoms with E-state index in [0.29, 0.717) is 5.75 Å². The number of benzene rings is 1. The molecule has 0 unspecified atom stereocenters. The number of rotatable bonds is 3. The highest BCUT2D eigenvalue weighted by Gasteiger charge is 2.44. The van der Waals surface area contributed by atoms with E-state index in [1.54, 1.807) is 18.2 Å². The van der Waals surface area contributed by atoms with Crippen molar-refractivity contribution in [2.24, 2.45) is 0 Å². The normalized spacial score (nSPS) is 35.1. The number of aliphatic hydroxyl groups excluding tert-OH is 4. The minimum absolute atomic E-state index is 0.474. The summed E-state index contributed by atoms with van der Waals surface area (Å²) in [4.78, 5) is 0. The molecule has 5 atom stereocenters. The highest BCUT2D eigenvalue weighted by Crippen LogP contribution is 2.24. The van der Waals surface area contributed by atoms with Gasteiger partial charge in [-0.25, -0.2) is 0 Å². The van der Waals surface area contributed by atoms with E-state index < -0.39 is 37.3 Å². The van der Waals surface area contributed by atoms with Crippen molar-refractivity contribution in [3.8, 4) is 5.75 Å². The fourth-order valence-corrected chi connectivity index (χ4v) is 1.99. The molecule has 0 aromatic heterocycles. The van der Waals surface area contributed by atoms with Crippen LogP contribution in [0.5, 0.6) is 5.75 Å². The molecule has 1 aromatic rings. The summed E-state index contributed by atoms with van der Waals surface area (Å²) in [6.07, 6.45) is -6.30. The summed E-state index contributed by atoms with van der Waals surface area (Å²) in [6, 6.07) is 7.12. The van der Waals surface area contributed by atoms with Crippen LogP contribution in [0.25, 0.3) is 0 Å². The summed E-state index contributed by atoms with van der Waals surface area (Å²) >= 11 is 0. The Bertz CT molecular complexity index is 421. The van der Waals surface area contributed by atoms with Gasteiger partial charge in [0.05, 0.1) is 6.61 Å².